The fourth-order valence-corrected chi connectivity index (χ4v) is 3.04. The number of pyridine rings is 1. The maximum Gasteiger partial charge on any atom is 0.394 e. The molecule has 0 spiro atoms. The summed E-state index contributed by atoms with van der Waals surface area (Å²) in [5, 5.41) is 0. The van der Waals surface area contributed by atoms with Crippen molar-refractivity contribution in [1.29, 1.82) is 0 Å². The maximum absolute atomic E-state index is 14.0. The van der Waals surface area contributed by atoms with Gasteiger partial charge in [0.25, 0.3) is 0 Å². The molecule has 2 aromatic rings. The smallest absolute Gasteiger partial charge is 0.394 e. The molecule has 1 unspecified atom stereocenters. The number of ether oxygens (including phenoxy) is 1. The molecule has 2 N–H and O–H groups in total. The summed E-state index contributed by atoms with van der Waals surface area (Å²) >= 11 is 0. The predicted molar refractivity (Wildman–Crippen MR) is 81.5 cm³/mol. The minimum absolute atomic E-state index is 0.0806. The lowest BCUT2D eigenvalue weighted by Gasteiger charge is -2.33. The zero-order valence-electron chi connectivity index (χ0n) is 13.0. The maximum atomic E-state index is 14.0. The van der Waals surface area contributed by atoms with Crippen LogP contribution >= 0.6 is 0 Å². The molecular weight excluding hydrogens is 343 g/mol. The van der Waals surface area contributed by atoms with Gasteiger partial charge >= 0.3 is 6.18 Å². The summed E-state index contributed by atoms with van der Waals surface area (Å²) < 4.78 is 72.6. The zero-order chi connectivity index (χ0) is 18.2. The first-order chi connectivity index (χ1) is 11.8. The van der Waals surface area contributed by atoms with Crippen LogP contribution in [0.25, 0.3) is 11.1 Å². The first-order valence-corrected chi connectivity index (χ1v) is 7.67. The summed E-state index contributed by atoms with van der Waals surface area (Å²) in [6.07, 6.45) is -4.45. The molecule has 2 atom stereocenters. The standard InChI is InChI=1S/C17H15F5N2O/c18-9-3-4-13(19)11(8-9)10-5-6-24-15(14(10)23)16-12(17(20,21)22)2-1-7-25-16/h3-6,8,12,16H,1-2,7,23H2/t12?,16-/m1/s1. The molecule has 1 fully saturated rings. The molecule has 0 amide bonds. The van der Waals surface area contributed by atoms with Gasteiger partial charge in [-0.25, -0.2) is 8.78 Å². The van der Waals surface area contributed by atoms with Crippen LogP contribution in [0.4, 0.5) is 27.6 Å². The van der Waals surface area contributed by atoms with Crippen molar-refractivity contribution in [3.05, 3.63) is 47.8 Å². The van der Waals surface area contributed by atoms with Crippen LogP contribution in [0.15, 0.2) is 30.5 Å². The molecule has 134 valence electrons. The van der Waals surface area contributed by atoms with Crippen molar-refractivity contribution in [3.8, 4) is 11.1 Å². The molecule has 1 aliphatic rings. The summed E-state index contributed by atoms with van der Waals surface area (Å²) in [6.45, 7) is 0.150. The Hall–Kier alpha value is -2.22. The lowest BCUT2D eigenvalue weighted by atomic mass is 9.89. The molecule has 0 bridgehead atoms. The number of nitrogens with zero attached hydrogens (tertiary/aromatic N) is 1. The summed E-state index contributed by atoms with van der Waals surface area (Å²) in [5.41, 5.74) is 5.66. The number of anilines is 1. The number of aromatic nitrogens is 1. The Morgan fingerprint density at radius 1 is 1.12 bits per heavy atom. The van der Waals surface area contributed by atoms with Gasteiger partial charge < -0.3 is 10.5 Å². The lowest BCUT2D eigenvalue weighted by molar-refractivity contribution is -0.223. The predicted octanol–water partition coefficient (Wildman–Crippen LogP) is 4.64. The highest BCUT2D eigenvalue weighted by Gasteiger charge is 2.48. The normalized spacial score (nSPS) is 21.3. The van der Waals surface area contributed by atoms with Gasteiger partial charge in [-0.2, -0.15) is 13.2 Å². The van der Waals surface area contributed by atoms with Crippen molar-refractivity contribution >= 4 is 5.69 Å². The van der Waals surface area contributed by atoms with E-state index in [4.69, 9.17) is 10.5 Å². The monoisotopic (exact) mass is 358 g/mol. The average molecular weight is 358 g/mol. The SMILES string of the molecule is Nc1c(-c2cc(F)ccc2F)ccnc1[C@@H]1OCCCC1C(F)(F)F. The molecular formula is C17H15F5N2O. The Morgan fingerprint density at radius 3 is 2.60 bits per heavy atom. The second kappa shape index (κ2) is 6.59. The van der Waals surface area contributed by atoms with Gasteiger partial charge in [-0.1, -0.05) is 0 Å². The third-order valence-corrected chi connectivity index (χ3v) is 4.25. The molecule has 25 heavy (non-hydrogen) atoms. The van der Waals surface area contributed by atoms with Crippen LogP contribution < -0.4 is 5.73 Å². The molecule has 8 heteroatoms. The van der Waals surface area contributed by atoms with Crippen molar-refractivity contribution < 1.29 is 26.7 Å². The fourth-order valence-electron chi connectivity index (χ4n) is 3.04. The second-order valence-electron chi connectivity index (χ2n) is 5.86. The number of rotatable bonds is 2. The highest BCUT2D eigenvalue weighted by atomic mass is 19.4. The number of nitrogen functional groups attached to an aromatic ring is 1. The molecule has 1 aromatic carbocycles. The Morgan fingerprint density at radius 2 is 1.88 bits per heavy atom. The van der Waals surface area contributed by atoms with Gasteiger partial charge in [0.2, 0.25) is 0 Å². The van der Waals surface area contributed by atoms with E-state index in [-0.39, 0.29) is 42.0 Å². The first-order valence-electron chi connectivity index (χ1n) is 7.67. The topological polar surface area (TPSA) is 48.1 Å². The molecule has 3 nitrogen and oxygen atoms in total. The number of halogens is 5. The minimum Gasteiger partial charge on any atom is -0.397 e. The van der Waals surface area contributed by atoms with E-state index in [2.05, 4.69) is 4.98 Å². The summed E-state index contributed by atoms with van der Waals surface area (Å²) in [7, 11) is 0. The van der Waals surface area contributed by atoms with Gasteiger partial charge in [0.15, 0.2) is 0 Å². The second-order valence-corrected chi connectivity index (χ2v) is 5.86. The van der Waals surface area contributed by atoms with Gasteiger partial charge in [-0.3, -0.25) is 4.98 Å². The number of benzene rings is 1. The third kappa shape index (κ3) is 3.44. The highest BCUT2D eigenvalue weighted by molar-refractivity contribution is 5.78. The van der Waals surface area contributed by atoms with Crippen LogP contribution in [0.5, 0.6) is 0 Å². The number of hydrogen-bond donors (Lipinski definition) is 1. The Labute approximate surface area is 140 Å². The first kappa shape index (κ1) is 17.6. The van der Waals surface area contributed by atoms with Crippen molar-refractivity contribution in [2.75, 3.05) is 12.3 Å². The van der Waals surface area contributed by atoms with Crippen LogP contribution in [0, 0.1) is 17.6 Å². The summed E-state index contributed by atoms with van der Waals surface area (Å²) in [4.78, 5) is 3.94. The molecule has 0 radical (unpaired) electrons. The van der Waals surface area contributed by atoms with Gasteiger partial charge in [-0.15, -0.1) is 0 Å². The minimum atomic E-state index is -4.47. The van der Waals surface area contributed by atoms with E-state index in [9.17, 15) is 22.0 Å². The quantitative estimate of drug-likeness (QED) is 0.796. The molecule has 3 rings (SSSR count). The van der Waals surface area contributed by atoms with Gasteiger partial charge in [0.05, 0.1) is 17.3 Å². The van der Waals surface area contributed by atoms with E-state index in [0.717, 1.165) is 18.2 Å². The van der Waals surface area contributed by atoms with Crippen LogP contribution in [0.2, 0.25) is 0 Å². The van der Waals surface area contributed by atoms with Gasteiger partial charge in [0.1, 0.15) is 17.7 Å². The zero-order valence-corrected chi connectivity index (χ0v) is 13.0. The van der Waals surface area contributed by atoms with E-state index in [1.165, 1.54) is 12.3 Å². The van der Waals surface area contributed by atoms with Crippen molar-refractivity contribution in [2.45, 2.75) is 25.1 Å². The van der Waals surface area contributed by atoms with Gasteiger partial charge in [0, 0.05) is 23.9 Å². The Kier molecular flexibility index (Phi) is 4.64. The average Bonchev–Trinajstić information content (AvgIpc) is 2.57. The summed E-state index contributed by atoms with van der Waals surface area (Å²) in [6, 6.07) is 4.15. The van der Waals surface area contributed by atoms with E-state index in [1.54, 1.807) is 0 Å². The Balaban J connectivity index is 2.08. The van der Waals surface area contributed by atoms with E-state index < -0.39 is 29.8 Å². The number of nitrogens with two attached hydrogens (primary N) is 1. The van der Waals surface area contributed by atoms with Crippen LogP contribution in [0.3, 0.4) is 0 Å². The number of hydrogen-bond acceptors (Lipinski definition) is 3. The molecule has 0 aliphatic carbocycles. The summed E-state index contributed by atoms with van der Waals surface area (Å²) in [5.74, 6) is -3.16. The van der Waals surface area contributed by atoms with Crippen molar-refractivity contribution in [1.82, 2.24) is 4.98 Å². The Bertz CT molecular complexity index is 778. The largest absolute Gasteiger partial charge is 0.397 e. The van der Waals surface area contributed by atoms with E-state index in [0.29, 0.717) is 0 Å². The van der Waals surface area contributed by atoms with Crippen LogP contribution in [-0.4, -0.2) is 17.8 Å². The van der Waals surface area contributed by atoms with Crippen molar-refractivity contribution in [2.24, 2.45) is 5.92 Å². The van der Waals surface area contributed by atoms with Crippen LogP contribution in [-0.2, 0) is 4.74 Å². The molecule has 2 heterocycles. The molecule has 1 saturated heterocycles. The number of alkyl halides is 3. The highest BCUT2D eigenvalue weighted by Crippen LogP contribution is 2.45. The lowest BCUT2D eigenvalue weighted by Crippen LogP contribution is -2.35. The van der Waals surface area contributed by atoms with Crippen molar-refractivity contribution in [3.63, 3.8) is 0 Å². The van der Waals surface area contributed by atoms with E-state index in [1.807, 2.05) is 0 Å². The molecule has 1 aromatic heterocycles. The van der Waals surface area contributed by atoms with E-state index >= 15 is 0 Å². The van der Waals surface area contributed by atoms with Gasteiger partial charge in [-0.05, 0) is 37.1 Å². The molecule has 1 aliphatic heterocycles. The molecule has 0 saturated carbocycles. The van der Waals surface area contributed by atoms with Crippen LogP contribution in [0.1, 0.15) is 24.6 Å². The fraction of sp³-hybridized carbons (Fsp3) is 0.353. The third-order valence-electron chi connectivity index (χ3n) is 4.25.